The van der Waals surface area contributed by atoms with Crippen molar-refractivity contribution in [1.29, 1.82) is 0 Å². The van der Waals surface area contributed by atoms with Crippen molar-refractivity contribution >= 4 is 5.82 Å². The third-order valence-electron chi connectivity index (χ3n) is 2.90. The molecule has 0 aliphatic carbocycles. The standard InChI is InChI=1S/C13H16FN3O/c1-8-7-12(15)17(16-8)9(2)13-10(14)5-4-6-11(13)18-3/h4-7,9H,15H2,1-3H3. The Labute approximate surface area is 105 Å². The Morgan fingerprint density at radius 3 is 2.72 bits per heavy atom. The molecule has 4 nitrogen and oxygen atoms in total. The Balaban J connectivity index is 2.52. The van der Waals surface area contributed by atoms with E-state index in [9.17, 15) is 4.39 Å². The second-order valence-electron chi connectivity index (χ2n) is 4.19. The molecule has 0 bridgehead atoms. The van der Waals surface area contributed by atoms with Crippen LogP contribution in [0.2, 0.25) is 0 Å². The van der Waals surface area contributed by atoms with Crippen molar-refractivity contribution in [3.63, 3.8) is 0 Å². The fraction of sp³-hybridized carbons (Fsp3) is 0.308. The summed E-state index contributed by atoms with van der Waals surface area (Å²) in [6.45, 7) is 3.68. The molecule has 0 saturated carbocycles. The predicted octanol–water partition coefficient (Wildman–Crippen LogP) is 2.53. The third kappa shape index (κ3) is 2.03. The molecule has 96 valence electrons. The van der Waals surface area contributed by atoms with Crippen LogP contribution in [-0.4, -0.2) is 16.9 Å². The van der Waals surface area contributed by atoms with Crippen molar-refractivity contribution in [1.82, 2.24) is 9.78 Å². The van der Waals surface area contributed by atoms with Gasteiger partial charge in [0.25, 0.3) is 0 Å². The van der Waals surface area contributed by atoms with Gasteiger partial charge in [-0.25, -0.2) is 9.07 Å². The number of anilines is 1. The van der Waals surface area contributed by atoms with Crippen molar-refractivity contribution in [2.24, 2.45) is 0 Å². The van der Waals surface area contributed by atoms with E-state index in [4.69, 9.17) is 10.5 Å². The zero-order chi connectivity index (χ0) is 13.3. The first-order valence-corrected chi connectivity index (χ1v) is 5.68. The van der Waals surface area contributed by atoms with Crippen LogP contribution < -0.4 is 10.5 Å². The fourth-order valence-corrected chi connectivity index (χ4v) is 2.07. The van der Waals surface area contributed by atoms with Crippen molar-refractivity contribution < 1.29 is 9.13 Å². The quantitative estimate of drug-likeness (QED) is 0.909. The van der Waals surface area contributed by atoms with Crippen LogP contribution in [-0.2, 0) is 0 Å². The van der Waals surface area contributed by atoms with Crippen LogP contribution in [0, 0.1) is 12.7 Å². The lowest BCUT2D eigenvalue weighted by atomic mass is 10.1. The molecule has 1 heterocycles. The molecule has 1 aromatic carbocycles. The van der Waals surface area contributed by atoms with Crippen LogP contribution in [0.15, 0.2) is 24.3 Å². The highest BCUT2D eigenvalue weighted by atomic mass is 19.1. The number of ether oxygens (including phenoxy) is 1. The van der Waals surface area contributed by atoms with Crippen LogP contribution in [0.4, 0.5) is 10.2 Å². The van der Waals surface area contributed by atoms with Gasteiger partial charge in [-0.05, 0) is 26.0 Å². The lowest BCUT2D eigenvalue weighted by molar-refractivity contribution is 0.393. The molecule has 0 fully saturated rings. The number of aromatic nitrogens is 2. The van der Waals surface area contributed by atoms with Crippen LogP contribution in [0.5, 0.6) is 5.75 Å². The van der Waals surface area contributed by atoms with E-state index in [0.717, 1.165) is 5.69 Å². The van der Waals surface area contributed by atoms with E-state index < -0.39 is 0 Å². The summed E-state index contributed by atoms with van der Waals surface area (Å²) in [6.07, 6.45) is 0. The summed E-state index contributed by atoms with van der Waals surface area (Å²) in [4.78, 5) is 0. The summed E-state index contributed by atoms with van der Waals surface area (Å²) in [7, 11) is 1.52. The number of aryl methyl sites for hydroxylation is 1. The Morgan fingerprint density at radius 2 is 2.17 bits per heavy atom. The van der Waals surface area contributed by atoms with E-state index in [-0.39, 0.29) is 11.9 Å². The molecule has 1 atom stereocenters. The smallest absolute Gasteiger partial charge is 0.132 e. The number of hydrogen-bond acceptors (Lipinski definition) is 3. The number of methoxy groups -OCH3 is 1. The van der Waals surface area contributed by atoms with Crippen molar-refractivity contribution in [3.8, 4) is 5.75 Å². The Bertz CT molecular complexity index is 565. The van der Waals surface area contributed by atoms with Crippen LogP contribution >= 0.6 is 0 Å². The van der Waals surface area contributed by atoms with Gasteiger partial charge in [0.15, 0.2) is 0 Å². The molecule has 0 aliphatic rings. The first-order valence-electron chi connectivity index (χ1n) is 5.68. The predicted molar refractivity (Wildman–Crippen MR) is 68.1 cm³/mol. The second-order valence-corrected chi connectivity index (χ2v) is 4.19. The highest BCUT2D eigenvalue weighted by Gasteiger charge is 2.20. The molecule has 5 heteroatoms. The van der Waals surface area contributed by atoms with Gasteiger partial charge in [-0.15, -0.1) is 0 Å². The maximum Gasteiger partial charge on any atom is 0.132 e. The van der Waals surface area contributed by atoms with Crippen LogP contribution in [0.1, 0.15) is 24.2 Å². The lowest BCUT2D eigenvalue weighted by Crippen LogP contribution is -2.14. The molecule has 0 spiro atoms. The van der Waals surface area contributed by atoms with Gasteiger partial charge in [0.1, 0.15) is 17.4 Å². The molecule has 1 unspecified atom stereocenters. The molecule has 0 radical (unpaired) electrons. The summed E-state index contributed by atoms with van der Waals surface area (Å²) < 4.78 is 20.7. The summed E-state index contributed by atoms with van der Waals surface area (Å²) in [5, 5.41) is 4.27. The van der Waals surface area contributed by atoms with Gasteiger partial charge >= 0.3 is 0 Å². The van der Waals surface area contributed by atoms with Gasteiger partial charge in [0.05, 0.1) is 24.4 Å². The van der Waals surface area contributed by atoms with Gasteiger partial charge < -0.3 is 10.5 Å². The molecular formula is C13H16FN3O. The largest absolute Gasteiger partial charge is 0.496 e. The molecule has 2 rings (SSSR count). The van der Waals surface area contributed by atoms with E-state index in [1.807, 2.05) is 13.8 Å². The van der Waals surface area contributed by atoms with E-state index in [2.05, 4.69) is 5.10 Å². The molecule has 18 heavy (non-hydrogen) atoms. The van der Waals surface area contributed by atoms with E-state index >= 15 is 0 Å². The Hall–Kier alpha value is -2.04. The van der Waals surface area contributed by atoms with E-state index in [0.29, 0.717) is 17.1 Å². The molecule has 1 aromatic heterocycles. The van der Waals surface area contributed by atoms with Crippen molar-refractivity contribution in [2.45, 2.75) is 19.9 Å². The first kappa shape index (κ1) is 12.4. The molecule has 2 N–H and O–H groups in total. The average Bonchev–Trinajstić information content (AvgIpc) is 2.67. The third-order valence-corrected chi connectivity index (χ3v) is 2.90. The maximum absolute atomic E-state index is 13.9. The van der Waals surface area contributed by atoms with Gasteiger partial charge in [0.2, 0.25) is 0 Å². The normalized spacial score (nSPS) is 12.4. The maximum atomic E-state index is 13.9. The zero-order valence-electron chi connectivity index (χ0n) is 10.6. The molecule has 0 saturated heterocycles. The number of rotatable bonds is 3. The average molecular weight is 249 g/mol. The summed E-state index contributed by atoms with van der Waals surface area (Å²) in [5.74, 6) is 0.676. The first-order chi connectivity index (χ1) is 8.54. The van der Waals surface area contributed by atoms with Gasteiger partial charge in [-0.3, -0.25) is 0 Å². The van der Waals surface area contributed by atoms with Crippen LogP contribution in [0.25, 0.3) is 0 Å². The Morgan fingerprint density at radius 1 is 1.44 bits per heavy atom. The fourth-order valence-electron chi connectivity index (χ4n) is 2.07. The monoisotopic (exact) mass is 249 g/mol. The number of nitrogens with two attached hydrogens (primary N) is 1. The van der Waals surface area contributed by atoms with Gasteiger partial charge in [-0.1, -0.05) is 6.07 Å². The minimum absolute atomic E-state index is 0.324. The molecule has 0 amide bonds. The molecule has 2 aromatic rings. The van der Waals surface area contributed by atoms with E-state index in [1.165, 1.54) is 13.2 Å². The topological polar surface area (TPSA) is 53.1 Å². The summed E-state index contributed by atoms with van der Waals surface area (Å²) in [6, 6.07) is 6.17. The molecule has 0 aliphatic heterocycles. The van der Waals surface area contributed by atoms with E-state index in [1.54, 1.807) is 22.9 Å². The van der Waals surface area contributed by atoms with Gasteiger partial charge in [-0.2, -0.15) is 5.10 Å². The second kappa shape index (κ2) is 4.68. The lowest BCUT2D eigenvalue weighted by Gasteiger charge is -2.18. The zero-order valence-corrected chi connectivity index (χ0v) is 10.6. The van der Waals surface area contributed by atoms with Crippen molar-refractivity contribution in [3.05, 3.63) is 41.3 Å². The summed E-state index contributed by atoms with van der Waals surface area (Å²) in [5.41, 5.74) is 7.11. The number of hydrogen-bond donors (Lipinski definition) is 1. The van der Waals surface area contributed by atoms with Crippen molar-refractivity contribution in [2.75, 3.05) is 12.8 Å². The number of nitrogen functional groups attached to an aromatic ring is 1. The minimum Gasteiger partial charge on any atom is -0.496 e. The highest BCUT2D eigenvalue weighted by Crippen LogP contribution is 2.31. The minimum atomic E-state index is -0.325. The SMILES string of the molecule is COc1cccc(F)c1C(C)n1nc(C)cc1N. The van der Waals surface area contributed by atoms with Gasteiger partial charge in [0, 0.05) is 6.07 Å². The number of benzene rings is 1. The Kier molecular flexibility index (Phi) is 3.23. The molecular weight excluding hydrogens is 233 g/mol. The number of nitrogens with zero attached hydrogens (tertiary/aromatic N) is 2. The highest BCUT2D eigenvalue weighted by molar-refractivity contribution is 5.40. The summed E-state index contributed by atoms with van der Waals surface area (Å²) >= 11 is 0. The van der Waals surface area contributed by atoms with Crippen LogP contribution in [0.3, 0.4) is 0 Å². The number of halogens is 1.